The molecule has 88 valence electrons. The van der Waals surface area contributed by atoms with Gasteiger partial charge in [0.1, 0.15) is 5.84 Å². The molecule has 0 atom stereocenters. The third-order valence-corrected chi connectivity index (χ3v) is 2.89. The first-order chi connectivity index (χ1) is 7.08. The van der Waals surface area contributed by atoms with E-state index < -0.39 is 0 Å². The lowest BCUT2D eigenvalue weighted by Crippen LogP contribution is -2.21. The molecule has 0 aromatic rings. The minimum Gasteiger partial charge on any atom is -0.409 e. The minimum absolute atomic E-state index is 0.174. The topological polar surface area (TPSA) is 67.8 Å². The van der Waals surface area contributed by atoms with Crippen LogP contribution >= 0.6 is 0 Å². The van der Waals surface area contributed by atoms with E-state index in [1.807, 2.05) is 0 Å². The molecular weight excluding hydrogens is 192 g/mol. The molecule has 1 saturated carbocycles. The lowest BCUT2D eigenvalue weighted by atomic mass is 10.0. The molecule has 0 aliphatic heterocycles. The Morgan fingerprint density at radius 2 is 2.20 bits per heavy atom. The van der Waals surface area contributed by atoms with E-state index in [-0.39, 0.29) is 5.41 Å². The average molecular weight is 214 g/mol. The zero-order valence-corrected chi connectivity index (χ0v) is 9.70. The van der Waals surface area contributed by atoms with Gasteiger partial charge < -0.3 is 15.7 Å². The SMILES string of the molecule is CC(C)CCOCC1(CC(N)=NO)CC1. The summed E-state index contributed by atoms with van der Waals surface area (Å²) in [5, 5.41) is 11.5. The number of hydrogen-bond acceptors (Lipinski definition) is 3. The summed E-state index contributed by atoms with van der Waals surface area (Å²) in [5.41, 5.74) is 5.67. The van der Waals surface area contributed by atoms with Gasteiger partial charge in [0.05, 0.1) is 6.61 Å². The second-order valence-electron chi connectivity index (χ2n) is 5.00. The van der Waals surface area contributed by atoms with Crippen molar-refractivity contribution in [2.24, 2.45) is 22.2 Å². The lowest BCUT2D eigenvalue weighted by molar-refractivity contribution is 0.0843. The predicted octanol–water partition coefficient (Wildman–Crippen LogP) is 1.97. The standard InChI is InChI=1S/C11H22N2O2/c1-9(2)3-6-15-8-11(4-5-11)7-10(12)13-14/h9,14H,3-8H2,1-2H3,(H2,12,13). The van der Waals surface area contributed by atoms with Crippen molar-refractivity contribution in [3.63, 3.8) is 0 Å². The molecule has 3 N–H and O–H groups in total. The number of rotatable bonds is 7. The molecule has 1 aliphatic carbocycles. The Labute approximate surface area is 91.5 Å². The largest absolute Gasteiger partial charge is 0.409 e. The summed E-state index contributed by atoms with van der Waals surface area (Å²) in [4.78, 5) is 0. The Morgan fingerprint density at radius 3 is 2.67 bits per heavy atom. The fraction of sp³-hybridized carbons (Fsp3) is 0.909. The van der Waals surface area contributed by atoms with Crippen LogP contribution < -0.4 is 5.73 Å². The first-order valence-electron chi connectivity index (χ1n) is 5.62. The normalized spacial score (nSPS) is 19.5. The highest BCUT2D eigenvalue weighted by Gasteiger charge is 2.43. The fourth-order valence-electron chi connectivity index (χ4n) is 1.58. The third kappa shape index (κ3) is 4.51. The Balaban J connectivity index is 2.15. The summed E-state index contributed by atoms with van der Waals surface area (Å²) >= 11 is 0. The smallest absolute Gasteiger partial charge is 0.139 e. The van der Waals surface area contributed by atoms with Gasteiger partial charge >= 0.3 is 0 Å². The van der Waals surface area contributed by atoms with Crippen LogP contribution in [0.15, 0.2) is 5.16 Å². The van der Waals surface area contributed by atoms with Crippen LogP contribution in [0.25, 0.3) is 0 Å². The van der Waals surface area contributed by atoms with Gasteiger partial charge in [0.25, 0.3) is 0 Å². The molecule has 0 aromatic heterocycles. The quantitative estimate of drug-likeness (QED) is 0.224. The van der Waals surface area contributed by atoms with E-state index in [0.29, 0.717) is 18.2 Å². The van der Waals surface area contributed by atoms with Crippen LogP contribution in [0.5, 0.6) is 0 Å². The van der Waals surface area contributed by atoms with Crippen LogP contribution in [0.2, 0.25) is 0 Å². The molecule has 1 fully saturated rings. The van der Waals surface area contributed by atoms with Gasteiger partial charge in [0.15, 0.2) is 0 Å². The van der Waals surface area contributed by atoms with Gasteiger partial charge in [-0.15, -0.1) is 0 Å². The molecule has 0 heterocycles. The zero-order chi connectivity index (χ0) is 11.3. The number of hydrogen-bond donors (Lipinski definition) is 2. The Hall–Kier alpha value is -0.770. The second-order valence-corrected chi connectivity index (χ2v) is 5.00. The van der Waals surface area contributed by atoms with Crippen molar-refractivity contribution in [1.82, 2.24) is 0 Å². The molecule has 0 aromatic carbocycles. The number of ether oxygens (including phenoxy) is 1. The summed E-state index contributed by atoms with van der Waals surface area (Å²) < 4.78 is 5.62. The first-order valence-corrected chi connectivity index (χ1v) is 5.62. The summed E-state index contributed by atoms with van der Waals surface area (Å²) in [6, 6.07) is 0. The summed E-state index contributed by atoms with van der Waals surface area (Å²) in [6.07, 6.45) is 4.01. The van der Waals surface area contributed by atoms with Gasteiger partial charge in [0.2, 0.25) is 0 Å². The molecule has 4 heteroatoms. The third-order valence-electron chi connectivity index (χ3n) is 2.89. The minimum atomic E-state index is 0.174. The maximum absolute atomic E-state index is 8.49. The molecule has 1 rings (SSSR count). The van der Waals surface area contributed by atoms with Crippen LogP contribution in [-0.2, 0) is 4.74 Å². The average Bonchev–Trinajstić information content (AvgIpc) is 2.93. The predicted molar refractivity (Wildman–Crippen MR) is 60.0 cm³/mol. The fourth-order valence-corrected chi connectivity index (χ4v) is 1.58. The maximum atomic E-state index is 8.49. The van der Waals surface area contributed by atoms with E-state index in [2.05, 4.69) is 19.0 Å². The highest BCUT2D eigenvalue weighted by atomic mass is 16.5. The van der Waals surface area contributed by atoms with Crippen LogP contribution in [-0.4, -0.2) is 24.3 Å². The van der Waals surface area contributed by atoms with Crippen molar-refractivity contribution >= 4 is 5.84 Å². The van der Waals surface area contributed by atoms with Gasteiger partial charge in [-0.3, -0.25) is 0 Å². The summed E-state index contributed by atoms with van der Waals surface area (Å²) in [7, 11) is 0. The van der Waals surface area contributed by atoms with Crippen molar-refractivity contribution in [3.05, 3.63) is 0 Å². The number of nitrogens with two attached hydrogens (primary N) is 1. The second kappa shape index (κ2) is 5.35. The number of amidine groups is 1. The van der Waals surface area contributed by atoms with E-state index in [1.54, 1.807) is 0 Å². The molecule has 1 aliphatic rings. The Kier molecular flexibility index (Phi) is 4.39. The number of oxime groups is 1. The first kappa shape index (κ1) is 12.3. The van der Waals surface area contributed by atoms with E-state index in [1.165, 1.54) is 0 Å². The van der Waals surface area contributed by atoms with E-state index in [0.717, 1.165) is 32.5 Å². The van der Waals surface area contributed by atoms with Crippen molar-refractivity contribution in [1.29, 1.82) is 0 Å². The van der Waals surface area contributed by atoms with Gasteiger partial charge in [-0.1, -0.05) is 19.0 Å². The van der Waals surface area contributed by atoms with Gasteiger partial charge in [-0.25, -0.2) is 0 Å². The van der Waals surface area contributed by atoms with Crippen LogP contribution in [0.3, 0.4) is 0 Å². The molecule has 15 heavy (non-hydrogen) atoms. The van der Waals surface area contributed by atoms with Gasteiger partial charge in [0, 0.05) is 18.4 Å². The summed E-state index contributed by atoms with van der Waals surface area (Å²) in [6.45, 7) is 5.94. The van der Waals surface area contributed by atoms with Crippen LogP contribution in [0.4, 0.5) is 0 Å². The van der Waals surface area contributed by atoms with Gasteiger partial charge in [-0.05, 0) is 25.2 Å². The molecule has 0 spiro atoms. The van der Waals surface area contributed by atoms with Crippen molar-refractivity contribution in [3.8, 4) is 0 Å². The molecule has 0 radical (unpaired) electrons. The van der Waals surface area contributed by atoms with Crippen molar-refractivity contribution in [2.45, 2.75) is 39.5 Å². The molecule has 0 saturated heterocycles. The van der Waals surface area contributed by atoms with E-state index >= 15 is 0 Å². The summed E-state index contributed by atoms with van der Waals surface area (Å²) in [5.74, 6) is 1.00. The monoisotopic (exact) mass is 214 g/mol. The molecule has 4 nitrogen and oxygen atoms in total. The Bertz CT molecular complexity index is 223. The van der Waals surface area contributed by atoms with Crippen molar-refractivity contribution in [2.75, 3.05) is 13.2 Å². The van der Waals surface area contributed by atoms with Crippen LogP contribution in [0.1, 0.15) is 39.5 Å². The molecule has 0 amide bonds. The van der Waals surface area contributed by atoms with E-state index in [9.17, 15) is 0 Å². The van der Waals surface area contributed by atoms with Crippen LogP contribution in [0, 0.1) is 11.3 Å². The highest BCUT2D eigenvalue weighted by Crippen LogP contribution is 2.48. The van der Waals surface area contributed by atoms with Gasteiger partial charge in [-0.2, -0.15) is 0 Å². The Morgan fingerprint density at radius 1 is 1.53 bits per heavy atom. The number of nitrogens with zero attached hydrogens (tertiary/aromatic N) is 1. The van der Waals surface area contributed by atoms with Crippen molar-refractivity contribution < 1.29 is 9.94 Å². The zero-order valence-electron chi connectivity index (χ0n) is 9.70. The molecule has 0 bridgehead atoms. The lowest BCUT2D eigenvalue weighted by Gasteiger charge is -2.14. The molecule has 0 unspecified atom stereocenters. The van der Waals surface area contributed by atoms with E-state index in [4.69, 9.17) is 15.7 Å². The highest BCUT2D eigenvalue weighted by molar-refractivity contribution is 5.80. The maximum Gasteiger partial charge on any atom is 0.139 e. The molecular formula is C11H22N2O2.